The molecule has 0 aromatic rings. The zero-order valence-electron chi connectivity index (χ0n) is 9.12. The first-order valence-electron chi connectivity index (χ1n) is 5.38. The Morgan fingerprint density at radius 1 is 1.64 bits per heavy atom. The molecule has 1 saturated heterocycles. The Bertz CT molecular complexity index is 196. The maximum Gasteiger partial charge on any atom is 0.236 e. The summed E-state index contributed by atoms with van der Waals surface area (Å²) in [5.74, 6) is 0.0883. The molecule has 2 atom stereocenters. The highest BCUT2D eigenvalue weighted by atomic mass is 16.2. The first-order chi connectivity index (χ1) is 6.70. The number of piperidine rings is 1. The predicted molar refractivity (Wildman–Crippen MR) is 56.9 cm³/mol. The van der Waals surface area contributed by atoms with Gasteiger partial charge in [-0.2, -0.15) is 0 Å². The Kier molecular flexibility index (Phi) is 4.35. The summed E-state index contributed by atoms with van der Waals surface area (Å²) in [7, 11) is 1.68. The minimum Gasteiger partial charge on any atom is -0.358 e. The summed E-state index contributed by atoms with van der Waals surface area (Å²) in [6, 6.07) is 0.338. The van der Waals surface area contributed by atoms with Gasteiger partial charge in [0.2, 0.25) is 5.91 Å². The van der Waals surface area contributed by atoms with Crippen molar-refractivity contribution in [2.75, 3.05) is 20.1 Å². The second kappa shape index (κ2) is 5.32. The number of hydrogen-bond acceptors (Lipinski definition) is 3. The quantitative estimate of drug-likeness (QED) is 0.669. The van der Waals surface area contributed by atoms with Gasteiger partial charge in [0.1, 0.15) is 0 Å². The number of carbonyl (C=O) groups is 1. The molecule has 0 aromatic carbocycles. The van der Waals surface area contributed by atoms with Crippen LogP contribution < -0.4 is 11.1 Å². The minimum absolute atomic E-state index is 0.0474. The maximum absolute atomic E-state index is 11.5. The van der Waals surface area contributed by atoms with E-state index in [1.807, 2.05) is 6.92 Å². The van der Waals surface area contributed by atoms with Crippen LogP contribution in [0, 0.1) is 0 Å². The number of rotatable bonds is 3. The Morgan fingerprint density at radius 3 is 2.93 bits per heavy atom. The molecule has 4 nitrogen and oxygen atoms in total. The van der Waals surface area contributed by atoms with Gasteiger partial charge in [0, 0.05) is 19.6 Å². The van der Waals surface area contributed by atoms with Gasteiger partial charge in [-0.05, 0) is 26.3 Å². The average Bonchev–Trinajstić information content (AvgIpc) is 2.26. The third-order valence-electron chi connectivity index (χ3n) is 3.07. The molecule has 2 unspecified atom stereocenters. The maximum atomic E-state index is 11.5. The first kappa shape index (κ1) is 11.5. The smallest absolute Gasteiger partial charge is 0.236 e. The third-order valence-corrected chi connectivity index (χ3v) is 3.07. The van der Waals surface area contributed by atoms with E-state index in [1.165, 1.54) is 12.8 Å². The number of nitrogens with one attached hydrogen (secondary N) is 1. The van der Waals surface area contributed by atoms with Crippen molar-refractivity contribution in [3.63, 3.8) is 0 Å². The summed E-state index contributed by atoms with van der Waals surface area (Å²) >= 11 is 0. The zero-order valence-corrected chi connectivity index (χ0v) is 9.12. The fourth-order valence-electron chi connectivity index (χ4n) is 2.15. The molecule has 0 bridgehead atoms. The molecule has 82 valence electrons. The molecular weight excluding hydrogens is 178 g/mol. The molecule has 0 aromatic heterocycles. The Labute approximate surface area is 85.8 Å². The molecule has 0 saturated carbocycles. The lowest BCUT2D eigenvalue weighted by Crippen LogP contribution is -2.53. The van der Waals surface area contributed by atoms with Crippen LogP contribution in [0.15, 0.2) is 0 Å². The monoisotopic (exact) mass is 199 g/mol. The van der Waals surface area contributed by atoms with Crippen LogP contribution in [0.4, 0.5) is 0 Å². The van der Waals surface area contributed by atoms with Crippen molar-refractivity contribution >= 4 is 5.91 Å². The molecule has 1 aliphatic rings. The molecule has 1 heterocycles. The average molecular weight is 199 g/mol. The van der Waals surface area contributed by atoms with Gasteiger partial charge in [0.05, 0.1) is 6.04 Å². The Balaban J connectivity index is 2.58. The number of likely N-dealkylation sites (N-methyl/N-ethyl adjacent to an activating group) is 1. The van der Waals surface area contributed by atoms with E-state index in [0.29, 0.717) is 12.6 Å². The SMILES string of the molecule is CNC(=O)C(C)N1CCCCC1CN. The number of hydrogen-bond donors (Lipinski definition) is 2. The first-order valence-corrected chi connectivity index (χ1v) is 5.38. The Hall–Kier alpha value is -0.610. The lowest BCUT2D eigenvalue weighted by molar-refractivity contribution is -0.126. The number of nitrogens with zero attached hydrogens (tertiary/aromatic N) is 1. The van der Waals surface area contributed by atoms with Gasteiger partial charge in [-0.15, -0.1) is 0 Å². The summed E-state index contributed by atoms with van der Waals surface area (Å²) < 4.78 is 0. The van der Waals surface area contributed by atoms with Crippen LogP contribution >= 0.6 is 0 Å². The van der Waals surface area contributed by atoms with Crippen LogP contribution in [0.2, 0.25) is 0 Å². The topological polar surface area (TPSA) is 58.4 Å². The number of carbonyl (C=O) groups excluding carboxylic acids is 1. The van der Waals surface area contributed by atoms with Crippen LogP contribution in [-0.4, -0.2) is 43.0 Å². The predicted octanol–water partition coefficient (Wildman–Crippen LogP) is -0.0659. The van der Waals surface area contributed by atoms with Gasteiger partial charge in [0.15, 0.2) is 0 Å². The largest absolute Gasteiger partial charge is 0.358 e. The van der Waals surface area contributed by atoms with Gasteiger partial charge in [0.25, 0.3) is 0 Å². The number of nitrogens with two attached hydrogens (primary N) is 1. The van der Waals surface area contributed by atoms with E-state index < -0.39 is 0 Å². The summed E-state index contributed by atoms with van der Waals surface area (Å²) in [5, 5.41) is 2.69. The van der Waals surface area contributed by atoms with Gasteiger partial charge in [-0.3, -0.25) is 9.69 Å². The molecule has 1 rings (SSSR count). The molecule has 0 radical (unpaired) electrons. The van der Waals surface area contributed by atoms with Crippen LogP contribution in [0.25, 0.3) is 0 Å². The minimum atomic E-state index is -0.0474. The fourth-order valence-corrected chi connectivity index (χ4v) is 2.15. The highest BCUT2D eigenvalue weighted by Crippen LogP contribution is 2.18. The van der Waals surface area contributed by atoms with E-state index in [1.54, 1.807) is 7.05 Å². The van der Waals surface area contributed by atoms with Gasteiger partial charge < -0.3 is 11.1 Å². The molecule has 1 aliphatic heterocycles. The van der Waals surface area contributed by atoms with Crippen molar-refractivity contribution in [1.82, 2.24) is 10.2 Å². The van der Waals surface area contributed by atoms with E-state index >= 15 is 0 Å². The second-order valence-corrected chi connectivity index (χ2v) is 3.91. The molecule has 1 amide bonds. The van der Waals surface area contributed by atoms with E-state index in [9.17, 15) is 4.79 Å². The standard InChI is InChI=1S/C10H21N3O/c1-8(10(14)12-2)13-6-4-3-5-9(13)7-11/h8-9H,3-7,11H2,1-2H3,(H,12,14). The summed E-state index contributed by atoms with van der Waals surface area (Å²) in [5.41, 5.74) is 5.70. The molecule has 14 heavy (non-hydrogen) atoms. The van der Waals surface area contributed by atoms with Crippen molar-refractivity contribution in [3.8, 4) is 0 Å². The normalized spacial score (nSPS) is 25.8. The Morgan fingerprint density at radius 2 is 2.36 bits per heavy atom. The lowest BCUT2D eigenvalue weighted by Gasteiger charge is -2.38. The van der Waals surface area contributed by atoms with Gasteiger partial charge >= 0.3 is 0 Å². The lowest BCUT2D eigenvalue weighted by atomic mass is 10.00. The molecule has 0 aliphatic carbocycles. The second-order valence-electron chi connectivity index (χ2n) is 3.91. The highest BCUT2D eigenvalue weighted by Gasteiger charge is 2.28. The van der Waals surface area contributed by atoms with E-state index in [-0.39, 0.29) is 11.9 Å². The van der Waals surface area contributed by atoms with E-state index in [0.717, 1.165) is 13.0 Å². The molecule has 4 heteroatoms. The highest BCUT2D eigenvalue weighted by molar-refractivity contribution is 5.81. The van der Waals surface area contributed by atoms with Crippen molar-refractivity contribution in [1.29, 1.82) is 0 Å². The zero-order chi connectivity index (χ0) is 10.6. The van der Waals surface area contributed by atoms with E-state index in [2.05, 4.69) is 10.2 Å². The summed E-state index contributed by atoms with van der Waals surface area (Å²) in [4.78, 5) is 13.7. The summed E-state index contributed by atoms with van der Waals surface area (Å²) in [6.07, 6.45) is 3.54. The fraction of sp³-hybridized carbons (Fsp3) is 0.900. The van der Waals surface area contributed by atoms with Crippen molar-refractivity contribution < 1.29 is 4.79 Å². The van der Waals surface area contributed by atoms with Crippen LogP contribution in [0.5, 0.6) is 0 Å². The molecule has 3 N–H and O–H groups in total. The van der Waals surface area contributed by atoms with Gasteiger partial charge in [-0.1, -0.05) is 6.42 Å². The van der Waals surface area contributed by atoms with Crippen LogP contribution in [0.3, 0.4) is 0 Å². The third kappa shape index (κ3) is 2.45. The molecular formula is C10H21N3O. The molecule has 0 spiro atoms. The van der Waals surface area contributed by atoms with Gasteiger partial charge in [-0.25, -0.2) is 0 Å². The van der Waals surface area contributed by atoms with E-state index in [4.69, 9.17) is 5.73 Å². The van der Waals surface area contributed by atoms with Crippen LogP contribution in [0.1, 0.15) is 26.2 Å². The van der Waals surface area contributed by atoms with Crippen molar-refractivity contribution in [3.05, 3.63) is 0 Å². The molecule has 1 fully saturated rings. The summed E-state index contributed by atoms with van der Waals surface area (Å²) in [6.45, 7) is 3.60. The number of likely N-dealkylation sites (tertiary alicyclic amines) is 1. The van der Waals surface area contributed by atoms with Crippen LogP contribution in [-0.2, 0) is 4.79 Å². The van der Waals surface area contributed by atoms with Crippen molar-refractivity contribution in [2.24, 2.45) is 5.73 Å². The number of amides is 1. The van der Waals surface area contributed by atoms with Crippen molar-refractivity contribution in [2.45, 2.75) is 38.3 Å².